The highest BCUT2D eigenvalue weighted by molar-refractivity contribution is 6.46. The molecule has 0 heterocycles. The van der Waals surface area contributed by atoms with Crippen LogP contribution in [0.4, 0.5) is 0 Å². The van der Waals surface area contributed by atoms with Gasteiger partial charge >= 0.3 is 0 Å². The van der Waals surface area contributed by atoms with Gasteiger partial charge in [-0.2, -0.15) is 0 Å². The standard InChI is InChI=1S/C10H11Cl7/c11-2-9(3-12)5-4(13)1-10(9,8(16)17)7(15)6(5)14/h4-8H,1-3H2/t4-,5-,6+,7-,10+/m1/s1. The molecular formula is C10H11Cl7. The van der Waals surface area contributed by atoms with E-state index >= 15 is 0 Å². The van der Waals surface area contributed by atoms with Gasteiger partial charge in [0, 0.05) is 33.9 Å². The number of hydrogen-bond donors (Lipinski definition) is 0. The first-order valence-electron chi connectivity index (χ1n) is 5.21. The fraction of sp³-hybridized carbons (Fsp3) is 1.00. The van der Waals surface area contributed by atoms with Crippen LogP contribution in [0.2, 0.25) is 0 Å². The first-order chi connectivity index (χ1) is 7.89. The average Bonchev–Trinajstić information content (AvgIpc) is 2.65. The molecule has 2 aliphatic rings. The molecule has 0 saturated heterocycles. The topological polar surface area (TPSA) is 0 Å². The Morgan fingerprint density at radius 2 is 1.59 bits per heavy atom. The Morgan fingerprint density at radius 3 is 1.94 bits per heavy atom. The van der Waals surface area contributed by atoms with Crippen molar-refractivity contribution < 1.29 is 0 Å². The summed E-state index contributed by atoms with van der Waals surface area (Å²) in [6, 6.07) is 0. The van der Waals surface area contributed by atoms with Crippen molar-refractivity contribution in [1.29, 1.82) is 0 Å². The van der Waals surface area contributed by atoms with Gasteiger partial charge in [0.1, 0.15) is 4.84 Å². The van der Waals surface area contributed by atoms with E-state index in [1.54, 1.807) is 0 Å². The summed E-state index contributed by atoms with van der Waals surface area (Å²) in [5.74, 6) is 0.572. The Bertz CT molecular complexity index is 303. The van der Waals surface area contributed by atoms with Gasteiger partial charge in [-0.25, -0.2) is 0 Å². The van der Waals surface area contributed by atoms with Crippen LogP contribution in [0.1, 0.15) is 6.42 Å². The predicted molar refractivity (Wildman–Crippen MR) is 78.8 cm³/mol. The first-order valence-corrected chi connectivity index (χ1v) is 8.46. The molecule has 2 bridgehead atoms. The summed E-state index contributed by atoms with van der Waals surface area (Å²) in [6.45, 7) is 0. The van der Waals surface area contributed by atoms with Crippen molar-refractivity contribution >= 4 is 81.2 Å². The van der Waals surface area contributed by atoms with Gasteiger partial charge in [-0.3, -0.25) is 0 Å². The zero-order chi connectivity index (χ0) is 13.0. The third-order valence-electron chi connectivity index (χ3n) is 4.47. The quantitative estimate of drug-likeness (QED) is 0.599. The molecule has 0 aromatic heterocycles. The molecule has 0 spiro atoms. The highest BCUT2D eigenvalue weighted by atomic mass is 35.5. The smallest absolute Gasteiger partial charge is 0.115 e. The molecule has 5 atom stereocenters. The van der Waals surface area contributed by atoms with Crippen LogP contribution in [0, 0.1) is 16.7 Å². The van der Waals surface area contributed by atoms with Crippen molar-refractivity contribution in [2.45, 2.75) is 27.4 Å². The third kappa shape index (κ3) is 1.71. The summed E-state index contributed by atoms with van der Waals surface area (Å²) in [5.41, 5.74) is -1.10. The van der Waals surface area contributed by atoms with Gasteiger partial charge in [0.15, 0.2) is 0 Å². The van der Waals surface area contributed by atoms with E-state index in [-0.39, 0.29) is 22.0 Å². The van der Waals surface area contributed by atoms with Crippen molar-refractivity contribution in [3.63, 3.8) is 0 Å². The van der Waals surface area contributed by atoms with E-state index in [2.05, 4.69) is 0 Å². The molecule has 0 aliphatic heterocycles. The van der Waals surface area contributed by atoms with E-state index in [0.29, 0.717) is 18.2 Å². The van der Waals surface area contributed by atoms with Gasteiger partial charge in [0.25, 0.3) is 0 Å². The zero-order valence-corrected chi connectivity index (χ0v) is 13.9. The molecule has 2 fully saturated rings. The van der Waals surface area contributed by atoms with Gasteiger partial charge in [0.05, 0.1) is 10.8 Å². The van der Waals surface area contributed by atoms with Gasteiger partial charge in [-0.15, -0.1) is 81.2 Å². The lowest BCUT2D eigenvalue weighted by molar-refractivity contribution is 0.156. The van der Waals surface area contributed by atoms with Crippen molar-refractivity contribution in [2.75, 3.05) is 11.8 Å². The van der Waals surface area contributed by atoms with E-state index in [1.807, 2.05) is 0 Å². The van der Waals surface area contributed by atoms with Crippen LogP contribution in [0.5, 0.6) is 0 Å². The van der Waals surface area contributed by atoms with Gasteiger partial charge in [0.2, 0.25) is 0 Å². The van der Waals surface area contributed by atoms with E-state index in [0.717, 1.165) is 0 Å². The lowest BCUT2D eigenvalue weighted by Gasteiger charge is -2.43. The number of halogens is 7. The fourth-order valence-corrected chi connectivity index (χ4v) is 7.67. The van der Waals surface area contributed by atoms with E-state index in [4.69, 9.17) is 81.2 Å². The Balaban J connectivity index is 2.58. The van der Waals surface area contributed by atoms with Crippen LogP contribution in [-0.2, 0) is 0 Å². The number of hydrogen-bond acceptors (Lipinski definition) is 0. The minimum atomic E-state index is -0.683. The Kier molecular flexibility index (Phi) is 4.62. The van der Waals surface area contributed by atoms with Gasteiger partial charge < -0.3 is 0 Å². The maximum atomic E-state index is 6.44. The van der Waals surface area contributed by atoms with Crippen LogP contribution < -0.4 is 0 Å². The summed E-state index contributed by atoms with van der Waals surface area (Å²) >= 11 is 43.8. The summed E-state index contributed by atoms with van der Waals surface area (Å²) in [6.07, 6.45) is 0.605. The molecule has 0 radical (unpaired) electrons. The Labute approximate surface area is 136 Å². The third-order valence-corrected chi connectivity index (χ3v) is 7.94. The van der Waals surface area contributed by atoms with Crippen molar-refractivity contribution in [2.24, 2.45) is 16.7 Å². The zero-order valence-electron chi connectivity index (χ0n) is 8.65. The van der Waals surface area contributed by atoms with Gasteiger partial charge in [-0.1, -0.05) is 0 Å². The molecule has 2 rings (SSSR count). The molecule has 0 nitrogen and oxygen atoms in total. The van der Waals surface area contributed by atoms with Crippen LogP contribution in [-0.4, -0.2) is 32.7 Å². The van der Waals surface area contributed by atoms with Crippen LogP contribution in [0.15, 0.2) is 0 Å². The second-order valence-corrected chi connectivity index (χ2v) is 8.02. The maximum Gasteiger partial charge on any atom is 0.115 e. The summed E-state index contributed by atoms with van der Waals surface area (Å²) in [7, 11) is 0. The summed E-state index contributed by atoms with van der Waals surface area (Å²) in [4.78, 5) is -0.683. The summed E-state index contributed by atoms with van der Waals surface area (Å²) in [5, 5.41) is -0.794. The van der Waals surface area contributed by atoms with Crippen molar-refractivity contribution in [1.82, 2.24) is 0 Å². The molecule has 0 amide bonds. The molecule has 17 heavy (non-hydrogen) atoms. The van der Waals surface area contributed by atoms with Gasteiger partial charge in [-0.05, 0) is 6.42 Å². The largest absolute Gasteiger partial charge is 0.126 e. The highest BCUT2D eigenvalue weighted by Gasteiger charge is 2.76. The minimum Gasteiger partial charge on any atom is -0.126 e. The maximum absolute atomic E-state index is 6.44. The Morgan fingerprint density at radius 1 is 1.06 bits per heavy atom. The molecular weight excluding hydrogens is 368 g/mol. The average molecular weight is 379 g/mol. The van der Waals surface area contributed by atoms with Crippen LogP contribution >= 0.6 is 81.2 Å². The second kappa shape index (κ2) is 5.10. The van der Waals surface area contributed by atoms with E-state index in [9.17, 15) is 0 Å². The van der Waals surface area contributed by atoms with E-state index < -0.39 is 15.7 Å². The van der Waals surface area contributed by atoms with Crippen molar-refractivity contribution in [3.05, 3.63) is 0 Å². The predicted octanol–water partition coefficient (Wildman–Crippen LogP) is 5.10. The Hall–Kier alpha value is 2.03. The lowest BCUT2D eigenvalue weighted by atomic mass is 9.70. The fourth-order valence-electron chi connectivity index (χ4n) is 3.56. The monoisotopic (exact) mass is 376 g/mol. The van der Waals surface area contributed by atoms with Crippen LogP contribution in [0.3, 0.4) is 0 Å². The minimum absolute atomic E-state index is 0.0525. The molecule has 7 heteroatoms. The molecule has 0 N–H and O–H groups in total. The molecule has 2 aliphatic carbocycles. The lowest BCUT2D eigenvalue weighted by Crippen LogP contribution is -2.48. The second-order valence-electron chi connectivity index (χ2n) is 4.86. The number of alkyl halides is 7. The molecule has 2 saturated carbocycles. The van der Waals surface area contributed by atoms with Crippen LogP contribution in [0.25, 0.3) is 0 Å². The molecule has 100 valence electrons. The molecule has 0 unspecified atom stereocenters. The van der Waals surface area contributed by atoms with Crippen molar-refractivity contribution in [3.8, 4) is 0 Å². The number of rotatable bonds is 3. The summed E-state index contributed by atoms with van der Waals surface area (Å²) < 4.78 is 0. The SMILES string of the molecule is ClCC1(CCl)[C@H]2[C@H](Cl)[C@@H](Cl)[C@]1(C(Cl)Cl)C[C@H]2Cl. The highest BCUT2D eigenvalue weighted by Crippen LogP contribution is 2.73. The van der Waals surface area contributed by atoms with E-state index in [1.165, 1.54) is 0 Å². The molecule has 0 aromatic carbocycles. The molecule has 0 aromatic rings. The first kappa shape index (κ1) is 15.4. The normalized spacial score (nSPS) is 48.0. The number of fused-ring (bicyclic) bond motifs is 2.